The zero-order valence-corrected chi connectivity index (χ0v) is 12.9. The number of thiazole rings is 1. The monoisotopic (exact) mass is 308 g/mol. The molecule has 0 saturated carbocycles. The van der Waals surface area contributed by atoms with Crippen molar-refractivity contribution in [3.63, 3.8) is 0 Å². The van der Waals surface area contributed by atoms with Crippen molar-refractivity contribution < 1.29 is 4.79 Å². The van der Waals surface area contributed by atoms with Gasteiger partial charge < -0.3 is 5.32 Å². The fourth-order valence-electron chi connectivity index (χ4n) is 1.85. The van der Waals surface area contributed by atoms with Crippen LogP contribution >= 0.6 is 22.9 Å². The number of hydrogen-bond donors (Lipinski definition) is 1. The molecule has 0 aliphatic rings. The normalized spacial score (nSPS) is 10.5. The molecule has 3 nitrogen and oxygen atoms in total. The molecule has 5 heteroatoms. The van der Waals surface area contributed by atoms with E-state index < -0.39 is 0 Å². The largest absolute Gasteiger partial charge is 0.356 e. The minimum absolute atomic E-state index is 0.0758. The van der Waals surface area contributed by atoms with Crippen molar-refractivity contribution in [1.82, 2.24) is 10.3 Å². The molecule has 0 unspecified atom stereocenters. The molecule has 2 rings (SSSR count). The number of carbonyl (C=O) groups excluding carboxylic acids is 1. The first-order valence-corrected chi connectivity index (χ1v) is 7.81. The number of nitrogens with one attached hydrogen (secondary N) is 1. The van der Waals surface area contributed by atoms with Crippen molar-refractivity contribution in [3.8, 4) is 0 Å². The molecule has 106 valence electrons. The highest BCUT2D eigenvalue weighted by Crippen LogP contribution is 2.11. The molecule has 0 atom stereocenters. The van der Waals surface area contributed by atoms with Gasteiger partial charge in [0.05, 0.1) is 10.7 Å². The highest BCUT2D eigenvalue weighted by atomic mass is 35.5. The van der Waals surface area contributed by atoms with E-state index in [9.17, 15) is 4.79 Å². The molecule has 1 heterocycles. The number of amides is 1. The third kappa shape index (κ3) is 4.94. The van der Waals surface area contributed by atoms with Gasteiger partial charge in [0.25, 0.3) is 0 Å². The summed E-state index contributed by atoms with van der Waals surface area (Å²) in [7, 11) is 0. The van der Waals surface area contributed by atoms with Gasteiger partial charge in [-0.1, -0.05) is 23.7 Å². The summed E-state index contributed by atoms with van der Waals surface area (Å²) in [6.07, 6.45) is 2.02. The second-order valence-electron chi connectivity index (χ2n) is 4.58. The van der Waals surface area contributed by atoms with Gasteiger partial charge in [0, 0.05) is 29.8 Å². The standard InChI is InChI=1S/C15H17ClN2OS/c1-11-18-14(10-20-11)8-9-17-15(19)7-4-12-2-5-13(16)6-3-12/h2-3,5-6,10H,4,7-9H2,1H3,(H,17,19). The number of benzene rings is 1. The minimum Gasteiger partial charge on any atom is -0.356 e. The average molecular weight is 309 g/mol. The zero-order valence-electron chi connectivity index (χ0n) is 11.4. The number of halogens is 1. The Balaban J connectivity index is 1.66. The molecule has 0 radical (unpaired) electrons. The quantitative estimate of drug-likeness (QED) is 0.888. The van der Waals surface area contributed by atoms with Crippen LogP contribution in [0.3, 0.4) is 0 Å². The predicted octanol–water partition coefficient (Wildman–Crippen LogP) is 3.40. The second kappa shape index (κ2) is 7.41. The van der Waals surface area contributed by atoms with Gasteiger partial charge >= 0.3 is 0 Å². The third-order valence-corrected chi connectivity index (χ3v) is 4.00. The van der Waals surface area contributed by atoms with E-state index in [0.29, 0.717) is 13.0 Å². The van der Waals surface area contributed by atoms with Crippen LogP contribution in [0.5, 0.6) is 0 Å². The van der Waals surface area contributed by atoms with Gasteiger partial charge in [0.2, 0.25) is 5.91 Å². The molecule has 0 fully saturated rings. The second-order valence-corrected chi connectivity index (χ2v) is 6.08. The van der Waals surface area contributed by atoms with E-state index in [1.807, 2.05) is 36.6 Å². The number of aromatic nitrogens is 1. The maximum absolute atomic E-state index is 11.7. The lowest BCUT2D eigenvalue weighted by atomic mass is 10.1. The van der Waals surface area contributed by atoms with E-state index in [-0.39, 0.29) is 5.91 Å². The molecule has 1 N–H and O–H groups in total. The molecule has 1 aromatic carbocycles. The van der Waals surface area contributed by atoms with Gasteiger partial charge in [-0.05, 0) is 31.0 Å². The number of rotatable bonds is 6. The molecule has 1 aromatic heterocycles. The minimum atomic E-state index is 0.0758. The fourth-order valence-corrected chi connectivity index (χ4v) is 2.62. The molecule has 0 spiro atoms. The molecule has 0 aliphatic carbocycles. The summed E-state index contributed by atoms with van der Waals surface area (Å²) in [6.45, 7) is 2.63. The highest BCUT2D eigenvalue weighted by molar-refractivity contribution is 7.09. The summed E-state index contributed by atoms with van der Waals surface area (Å²) >= 11 is 7.46. The van der Waals surface area contributed by atoms with E-state index in [4.69, 9.17) is 11.6 Å². The maximum atomic E-state index is 11.7. The smallest absolute Gasteiger partial charge is 0.220 e. The van der Waals surface area contributed by atoms with Gasteiger partial charge in [-0.15, -0.1) is 11.3 Å². The Kier molecular flexibility index (Phi) is 5.56. The SMILES string of the molecule is Cc1nc(CCNC(=O)CCc2ccc(Cl)cc2)cs1. The van der Waals surface area contributed by atoms with Gasteiger partial charge in [0.1, 0.15) is 0 Å². The molecule has 2 aromatic rings. The van der Waals surface area contributed by atoms with Crippen molar-refractivity contribution >= 4 is 28.8 Å². The Labute approximate surface area is 128 Å². The van der Waals surface area contributed by atoms with E-state index in [0.717, 1.165) is 34.1 Å². The lowest BCUT2D eigenvalue weighted by Gasteiger charge is -2.04. The Morgan fingerprint density at radius 1 is 1.30 bits per heavy atom. The summed E-state index contributed by atoms with van der Waals surface area (Å²) in [5.74, 6) is 0.0758. The summed E-state index contributed by atoms with van der Waals surface area (Å²) in [4.78, 5) is 16.1. The number of carbonyl (C=O) groups is 1. The van der Waals surface area contributed by atoms with Crippen LogP contribution in [0.1, 0.15) is 22.7 Å². The Bertz CT molecular complexity index is 566. The van der Waals surface area contributed by atoms with Gasteiger partial charge in [-0.3, -0.25) is 4.79 Å². The Hall–Kier alpha value is -1.39. The van der Waals surface area contributed by atoms with Gasteiger partial charge in [-0.25, -0.2) is 4.98 Å². The van der Waals surface area contributed by atoms with E-state index >= 15 is 0 Å². The average Bonchev–Trinajstić information content (AvgIpc) is 2.84. The van der Waals surface area contributed by atoms with Crippen molar-refractivity contribution in [2.24, 2.45) is 0 Å². The molecule has 0 bridgehead atoms. The van der Waals surface area contributed by atoms with Crippen LogP contribution in [0, 0.1) is 6.92 Å². The van der Waals surface area contributed by atoms with Crippen LogP contribution in [0.2, 0.25) is 5.02 Å². The van der Waals surface area contributed by atoms with Gasteiger partial charge in [-0.2, -0.15) is 0 Å². The number of aryl methyl sites for hydroxylation is 2. The molecule has 0 aliphatic heterocycles. The third-order valence-electron chi connectivity index (χ3n) is 2.92. The predicted molar refractivity (Wildman–Crippen MR) is 83.3 cm³/mol. The summed E-state index contributed by atoms with van der Waals surface area (Å²) < 4.78 is 0. The number of nitrogens with zero attached hydrogens (tertiary/aromatic N) is 1. The van der Waals surface area contributed by atoms with Crippen LogP contribution in [0.15, 0.2) is 29.6 Å². The first-order valence-electron chi connectivity index (χ1n) is 6.55. The van der Waals surface area contributed by atoms with Crippen molar-refractivity contribution in [2.45, 2.75) is 26.2 Å². The fraction of sp³-hybridized carbons (Fsp3) is 0.333. The first-order chi connectivity index (χ1) is 9.63. The summed E-state index contributed by atoms with van der Waals surface area (Å²) in [5.41, 5.74) is 2.17. The molecular formula is C15H17ClN2OS. The first kappa shape index (κ1) is 15.0. The molecular weight excluding hydrogens is 292 g/mol. The van der Waals surface area contributed by atoms with E-state index in [2.05, 4.69) is 10.3 Å². The number of hydrogen-bond acceptors (Lipinski definition) is 3. The van der Waals surface area contributed by atoms with E-state index in [1.54, 1.807) is 11.3 Å². The van der Waals surface area contributed by atoms with Crippen LogP contribution in [-0.4, -0.2) is 17.4 Å². The maximum Gasteiger partial charge on any atom is 0.220 e. The topological polar surface area (TPSA) is 42.0 Å². The van der Waals surface area contributed by atoms with Crippen molar-refractivity contribution in [2.75, 3.05) is 6.54 Å². The van der Waals surface area contributed by atoms with E-state index in [1.165, 1.54) is 0 Å². The van der Waals surface area contributed by atoms with Crippen LogP contribution in [-0.2, 0) is 17.6 Å². The lowest BCUT2D eigenvalue weighted by Crippen LogP contribution is -2.25. The highest BCUT2D eigenvalue weighted by Gasteiger charge is 2.03. The zero-order chi connectivity index (χ0) is 14.4. The molecule has 20 heavy (non-hydrogen) atoms. The van der Waals surface area contributed by atoms with Crippen molar-refractivity contribution in [1.29, 1.82) is 0 Å². The summed E-state index contributed by atoms with van der Waals surface area (Å²) in [5, 5.41) is 6.74. The van der Waals surface area contributed by atoms with Crippen LogP contribution in [0.4, 0.5) is 0 Å². The van der Waals surface area contributed by atoms with Crippen LogP contribution in [0.25, 0.3) is 0 Å². The molecule has 0 saturated heterocycles. The Morgan fingerprint density at radius 3 is 2.70 bits per heavy atom. The summed E-state index contributed by atoms with van der Waals surface area (Å²) in [6, 6.07) is 7.60. The van der Waals surface area contributed by atoms with Crippen molar-refractivity contribution in [3.05, 3.63) is 50.9 Å². The molecule has 1 amide bonds. The lowest BCUT2D eigenvalue weighted by molar-refractivity contribution is -0.121. The Morgan fingerprint density at radius 2 is 2.05 bits per heavy atom. The van der Waals surface area contributed by atoms with Gasteiger partial charge in [0.15, 0.2) is 0 Å². The van der Waals surface area contributed by atoms with Crippen LogP contribution < -0.4 is 5.32 Å².